The Morgan fingerprint density at radius 3 is 2.48 bits per heavy atom. The fraction of sp³-hybridized carbons (Fsp3) is 0.500. The van der Waals surface area contributed by atoms with Gasteiger partial charge in [0, 0.05) is 22.8 Å². The fourth-order valence-electron chi connectivity index (χ4n) is 4.60. The molecule has 3 amide bonds. The highest BCUT2D eigenvalue weighted by atomic mass is 19.1. The van der Waals surface area contributed by atoms with Crippen molar-refractivity contribution in [1.82, 2.24) is 10.2 Å². The number of likely N-dealkylation sites (tertiary alicyclic amines) is 1. The predicted molar refractivity (Wildman–Crippen MR) is 87.9 cm³/mol. The standard InChI is InChI=1S/C18H20FN3O3/c1-8-12-13(15(24)22(14(12)23)17(2,3)4)18(21-8)10-7-9(19)5-6-11(10)20-16(18)25/h5-8,12-13,21H,1-4H3,(H,20,25). The summed E-state index contributed by atoms with van der Waals surface area (Å²) in [5, 5.41) is 5.88. The van der Waals surface area contributed by atoms with Crippen molar-refractivity contribution in [2.75, 3.05) is 5.32 Å². The molecule has 3 aliphatic rings. The van der Waals surface area contributed by atoms with Crippen LogP contribution in [0.3, 0.4) is 0 Å². The van der Waals surface area contributed by atoms with Gasteiger partial charge in [-0.25, -0.2) is 4.39 Å². The number of amides is 3. The van der Waals surface area contributed by atoms with Gasteiger partial charge in [0.15, 0.2) is 0 Å². The van der Waals surface area contributed by atoms with Crippen molar-refractivity contribution in [2.24, 2.45) is 11.8 Å². The summed E-state index contributed by atoms with van der Waals surface area (Å²) >= 11 is 0. The van der Waals surface area contributed by atoms with Crippen molar-refractivity contribution in [3.05, 3.63) is 29.6 Å². The highest BCUT2D eigenvalue weighted by molar-refractivity contribution is 6.15. The third-order valence-corrected chi connectivity index (χ3v) is 5.50. The summed E-state index contributed by atoms with van der Waals surface area (Å²) in [5.74, 6) is -3.09. The third kappa shape index (κ3) is 1.84. The van der Waals surface area contributed by atoms with Crippen molar-refractivity contribution in [3.8, 4) is 0 Å². The molecule has 0 saturated carbocycles. The van der Waals surface area contributed by atoms with Crippen LogP contribution >= 0.6 is 0 Å². The minimum Gasteiger partial charge on any atom is -0.324 e. The van der Waals surface area contributed by atoms with Gasteiger partial charge in [-0.3, -0.25) is 24.6 Å². The van der Waals surface area contributed by atoms with E-state index in [2.05, 4.69) is 10.6 Å². The van der Waals surface area contributed by atoms with E-state index < -0.39 is 34.6 Å². The maximum atomic E-state index is 13.9. The molecule has 2 N–H and O–H groups in total. The molecule has 1 aromatic carbocycles. The van der Waals surface area contributed by atoms with Crippen molar-refractivity contribution in [2.45, 2.75) is 44.8 Å². The predicted octanol–water partition coefficient (Wildman–Crippen LogP) is 1.36. The largest absolute Gasteiger partial charge is 0.324 e. The molecule has 0 aliphatic carbocycles. The van der Waals surface area contributed by atoms with Crippen molar-refractivity contribution >= 4 is 23.4 Å². The summed E-state index contributed by atoms with van der Waals surface area (Å²) in [6.45, 7) is 7.15. The van der Waals surface area contributed by atoms with Crippen LogP contribution in [0, 0.1) is 17.7 Å². The van der Waals surface area contributed by atoms with Crippen molar-refractivity contribution in [1.29, 1.82) is 0 Å². The van der Waals surface area contributed by atoms with E-state index in [1.54, 1.807) is 27.7 Å². The second kappa shape index (κ2) is 4.66. The zero-order chi connectivity index (χ0) is 18.3. The average Bonchev–Trinajstić information content (AvgIpc) is 3.04. The number of hydrogen-bond donors (Lipinski definition) is 2. The topological polar surface area (TPSA) is 78.5 Å². The smallest absolute Gasteiger partial charge is 0.250 e. The maximum Gasteiger partial charge on any atom is 0.250 e. The minimum atomic E-state index is -1.41. The first kappa shape index (κ1) is 16.2. The van der Waals surface area contributed by atoms with Crippen LogP contribution in [0.1, 0.15) is 33.3 Å². The van der Waals surface area contributed by atoms with E-state index in [1.165, 1.54) is 23.1 Å². The summed E-state index contributed by atoms with van der Waals surface area (Å²) in [5.41, 5.74) is -1.22. The lowest BCUT2D eigenvalue weighted by Gasteiger charge is -2.34. The Balaban J connectivity index is 1.92. The number of carbonyl (C=O) groups is 3. The molecule has 4 unspecified atom stereocenters. The maximum absolute atomic E-state index is 13.9. The van der Waals surface area contributed by atoms with Crippen molar-refractivity contribution < 1.29 is 18.8 Å². The molecule has 3 heterocycles. The van der Waals surface area contributed by atoms with Gasteiger partial charge in [-0.05, 0) is 45.9 Å². The van der Waals surface area contributed by atoms with E-state index >= 15 is 0 Å². The molecular weight excluding hydrogens is 325 g/mol. The Morgan fingerprint density at radius 1 is 1.16 bits per heavy atom. The van der Waals surface area contributed by atoms with Crippen LogP contribution in [0.5, 0.6) is 0 Å². The molecule has 7 heteroatoms. The van der Waals surface area contributed by atoms with E-state index in [0.29, 0.717) is 11.3 Å². The van der Waals surface area contributed by atoms with Crippen LogP contribution in [0.15, 0.2) is 18.2 Å². The third-order valence-electron chi connectivity index (χ3n) is 5.50. The normalized spacial score (nSPS) is 33.9. The van der Waals surface area contributed by atoms with Gasteiger partial charge in [-0.2, -0.15) is 0 Å². The zero-order valence-corrected chi connectivity index (χ0v) is 14.5. The molecule has 3 aliphatic heterocycles. The van der Waals surface area contributed by atoms with Gasteiger partial charge in [0.2, 0.25) is 17.7 Å². The van der Waals surface area contributed by atoms with Crippen LogP contribution in [-0.4, -0.2) is 34.2 Å². The van der Waals surface area contributed by atoms with Crippen LogP contribution in [-0.2, 0) is 19.9 Å². The number of imide groups is 1. The van der Waals surface area contributed by atoms with E-state index in [0.717, 1.165) is 0 Å². The Morgan fingerprint density at radius 2 is 1.84 bits per heavy atom. The zero-order valence-electron chi connectivity index (χ0n) is 14.5. The number of hydrogen-bond acceptors (Lipinski definition) is 4. The van der Waals surface area contributed by atoms with Gasteiger partial charge in [0.05, 0.1) is 11.8 Å². The van der Waals surface area contributed by atoms with Gasteiger partial charge in [-0.15, -0.1) is 0 Å². The lowest BCUT2D eigenvalue weighted by atomic mass is 9.76. The average molecular weight is 345 g/mol. The van der Waals surface area contributed by atoms with Gasteiger partial charge < -0.3 is 5.32 Å². The number of fused-ring (bicyclic) bond motifs is 4. The molecule has 4 rings (SSSR count). The Bertz CT molecular complexity index is 831. The Kier molecular flexibility index (Phi) is 3.02. The van der Waals surface area contributed by atoms with Crippen LogP contribution in [0.25, 0.3) is 0 Å². The van der Waals surface area contributed by atoms with E-state index in [9.17, 15) is 18.8 Å². The number of halogens is 1. The van der Waals surface area contributed by atoms with E-state index in [-0.39, 0.29) is 17.9 Å². The van der Waals surface area contributed by atoms with E-state index in [1.807, 2.05) is 0 Å². The molecule has 0 radical (unpaired) electrons. The second-order valence-electron chi connectivity index (χ2n) is 8.07. The number of anilines is 1. The monoisotopic (exact) mass is 345 g/mol. The first-order chi connectivity index (χ1) is 11.6. The SMILES string of the molecule is CC1NC2(C(=O)Nc3ccc(F)cc32)C2C(=O)N(C(C)(C)C)C(=O)C12. The molecule has 4 atom stereocenters. The summed E-state index contributed by atoms with van der Waals surface area (Å²) in [7, 11) is 0. The van der Waals surface area contributed by atoms with Gasteiger partial charge in [0.1, 0.15) is 11.4 Å². The fourth-order valence-corrected chi connectivity index (χ4v) is 4.60. The Labute approximate surface area is 144 Å². The highest BCUT2D eigenvalue weighted by Gasteiger charge is 2.70. The molecule has 0 bridgehead atoms. The number of nitrogens with zero attached hydrogens (tertiary/aromatic N) is 1. The summed E-state index contributed by atoms with van der Waals surface area (Å²) in [6.07, 6.45) is 0. The van der Waals surface area contributed by atoms with Crippen LogP contribution in [0.4, 0.5) is 10.1 Å². The summed E-state index contributed by atoms with van der Waals surface area (Å²) < 4.78 is 13.9. The summed E-state index contributed by atoms with van der Waals surface area (Å²) in [4.78, 5) is 40.3. The van der Waals surface area contributed by atoms with E-state index in [4.69, 9.17) is 0 Å². The molecule has 2 saturated heterocycles. The molecule has 132 valence electrons. The molecule has 0 aromatic heterocycles. The molecule has 2 fully saturated rings. The van der Waals surface area contributed by atoms with Crippen LogP contribution in [0.2, 0.25) is 0 Å². The van der Waals surface area contributed by atoms with Gasteiger partial charge in [-0.1, -0.05) is 0 Å². The molecular formula is C18H20FN3O3. The lowest BCUT2D eigenvalue weighted by Crippen LogP contribution is -2.55. The first-order valence-corrected chi connectivity index (χ1v) is 8.36. The number of benzene rings is 1. The molecule has 1 aromatic rings. The van der Waals surface area contributed by atoms with Crippen molar-refractivity contribution in [3.63, 3.8) is 0 Å². The second-order valence-corrected chi connectivity index (χ2v) is 8.07. The lowest BCUT2D eigenvalue weighted by molar-refractivity contribution is -0.147. The summed E-state index contributed by atoms with van der Waals surface area (Å²) in [6, 6.07) is 3.64. The van der Waals surface area contributed by atoms with Gasteiger partial charge >= 0.3 is 0 Å². The van der Waals surface area contributed by atoms with Crippen LogP contribution < -0.4 is 10.6 Å². The molecule has 25 heavy (non-hydrogen) atoms. The van der Waals surface area contributed by atoms with Gasteiger partial charge in [0.25, 0.3) is 0 Å². The number of rotatable bonds is 0. The molecule has 6 nitrogen and oxygen atoms in total. The Hall–Kier alpha value is -2.28. The highest BCUT2D eigenvalue weighted by Crippen LogP contribution is 2.53. The number of nitrogens with one attached hydrogen (secondary N) is 2. The quantitative estimate of drug-likeness (QED) is 0.696. The minimum absolute atomic E-state index is 0.281. The first-order valence-electron chi connectivity index (χ1n) is 8.36. The number of carbonyl (C=O) groups excluding carboxylic acids is 3. The molecule has 1 spiro atoms.